The summed E-state index contributed by atoms with van der Waals surface area (Å²) in [6.07, 6.45) is 2.79. The van der Waals surface area contributed by atoms with Crippen molar-refractivity contribution in [2.75, 3.05) is 5.75 Å². The van der Waals surface area contributed by atoms with Crippen LogP contribution in [0, 0.1) is 6.07 Å². The van der Waals surface area contributed by atoms with Gasteiger partial charge in [-0.15, -0.1) is 11.8 Å². The Bertz CT molecular complexity index is 563. The second-order valence-electron chi connectivity index (χ2n) is 3.74. The Hall–Kier alpha value is -0.900. The molecule has 0 N–H and O–H groups in total. The summed E-state index contributed by atoms with van der Waals surface area (Å²) in [7, 11) is 0. The van der Waals surface area contributed by atoms with E-state index in [1.54, 1.807) is 42.2 Å². The lowest BCUT2D eigenvalue weighted by atomic mass is 10.3. The molecule has 1 aromatic heterocycles. The molecular weight excluding hydrogens is 301 g/mol. The number of nitrogens with zero attached hydrogens (tertiary/aromatic N) is 1. The molecule has 99 valence electrons. The van der Waals surface area contributed by atoms with Crippen molar-refractivity contribution in [2.45, 2.75) is 18.4 Å². The van der Waals surface area contributed by atoms with Gasteiger partial charge in [0.05, 0.1) is 11.1 Å². The highest BCUT2D eigenvalue weighted by molar-refractivity contribution is 7.99. The molecule has 1 radical (unpaired) electrons. The van der Waals surface area contributed by atoms with Crippen LogP contribution in [0.1, 0.15) is 13.3 Å². The molecule has 0 saturated heterocycles. The maximum Gasteiger partial charge on any atom is 0.147 e. The van der Waals surface area contributed by atoms with Gasteiger partial charge < -0.3 is 4.74 Å². The number of pyridine rings is 1. The summed E-state index contributed by atoms with van der Waals surface area (Å²) < 4.78 is 5.69. The first kappa shape index (κ1) is 14.5. The fourth-order valence-corrected chi connectivity index (χ4v) is 2.40. The lowest BCUT2D eigenvalue weighted by Crippen LogP contribution is -1.88. The van der Waals surface area contributed by atoms with Crippen LogP contribution in [0.3, 0.4) is 0 Å². The van der Waals surface area contributed by atoms with E-state index in [1.807, 2.05) is 0 Å². The predicted molar refractivity (Wildman–Crippen MR) is 80.6 cm³/mol. The molecule has 1 aromatic carbocycles. The minimum absolute atomic E-state index is 0.400. The molecule has 0 aliphatic carbocycles. The van der Waals surface area contributed by atoms with Crippen molar-refractivity contribution in [3.8, 4) is 11.5 Å². The maximum atomic E-state index is 6.07. The van der Waals surface area contributed by atoms with E-state index in [1.165, 1.54) is 0 Å². The van der Waals surface area contributed by atoms with E-state index in [0.29, 0.717) is 21.5 Å². The van der Waals surface area contributed by atoms with E-state index in [4.69, 9.17) is 27.9 Å². The average Bonchev–Trinajstić information content (AvgIpc) is 2.42. The van der Waals surface area contributed by atoms with Gasteiger partial charge in [-0.3, -0.25) is 0 Å². The Kier molecular flexibility index (Phi) is 5.37. The zero-order valence-electron chi connectivity index (χ0n) is 10.3. The van der Waals surface area contributed by atoms with Crippen molar-refractivity contribution in [2.24, 2.45) is 0 Å². The molecule has 0 fully saturated rings. The Morgan fingerprint density at radius 3 is 2.95 bits per heavy atom. The zero-order chi connectivity index (χ0) is 13.7. The summed E-state index contributed by atoms with van der Waals surface area (Å²) in [5, 5.41) is 1.68. The molecule has 0 amide bonds. The van der Waals surface area contributed by atoms with E-state index in [-0.39, 0.29) is 0 Å². The summed E-state index contributed by atoms with van der Waals surface area (Å²) in [5.41, 5.74) is 0. The number of hydrogen-bond acceptors (Lipinski definition) is 3. The van der Waals surface area contributed by atoms with Gasteiger partial charge in [0.1, 0.15) is 21.5 Å². The third-order valence-corrected chi connectivity index (χ3v) is 4.12. The number of ether oxygens (including phenoxy) is 1. The topological polar surface area (TPSA) is 22.1 Å². The predicted octanol–water partition coefficient (Wildman–Crippen LogP) is 5.48. The number of aromatic nitrogens is 1. The fourth-order valence-electron chi connectivity index (χ4n) is 1.36. The lowest BCUT2D eigenvalue weighted by molar-refractivity contribution is 0.479. The van der Waals surface area contributed by atoms with Gasteiger partial charge in [0.2, 0.25) is 0 Å². The summed E-state index contributed by atoms with van der Waals surface area (Å²) in [5.74, 6) is 2.10. The fraction of sp³-hybridized carbons (Fsp3) is 0.214. The van der Waals surface area contributed by atoms with Gasteiger partial charge in [0, 0.05) is 6.20 Å². The van der Waals surface area contributed by atoms with Crippen LogP contribution in [0.25, 0.3) is 0 Å². The van der Waals surface area contributed by atoms with Gasteiger partial charge in [0.25, 0.3) is 0 Å². The van der Waals surface area contributed by atoms with Crippen molar-refractivity contribution in [1.29, 1.82) is 0 Å². The first-order chi connectivity index (χ1) is 9.20. The Labute approximate surface area is 127 Å². The quantitative estimate of drug-likeness (QED) is 0.682. The number of rotatable bonds is 5. The molecular formula is C14H12Cl2NOS. The molecule has 0 aliphatic heterocycles. The summed E-state index contributed by atoms with van der Waals surface area (Å²) in [6, 6.07) is 10.1. The second-order valence-corrected chi connectivity index (χ2v) is 5.61. The maximum absolute atomic E-state index is 6.07. The van der Waals surface area contributed by atoms with Gasteiger partial charge in [0.15, 0.2) is 0 Å². The van der Waals surface area contributed by atoms with Crippen molar-refractivity contribution in [1.82, 2.24) is 4.98 Å². The first-order valence-electron chi connectivity index (χ1n) is 5.83. The molecule has 5 heteroatoms. The highest BCUT2D eigenvalue weighted by Crippen LogP contribution is 2.34. The molecule has 0 saturated carbocycles. The van der Waals surface area contributed by atoms with E-state index in [2.05, 4.69) is 18.0 Å². The van der Waals surface area contributed by atoms with Gasteiger partial charge >= 0.3 is 0 Å². The summed E-state index contributed by atoms with van der Waals surface area (Å²) in [4.78, 5) is 4.23. The van der Waals surface area contributed by atoms with Crippen LogP contribution in [-0.2, 0) is 0 Å². The Morgan fingerprint density at radius 2 is 2.16 bits per heavy atom. The molecule has 2 nitrogen and oxygen atoms in total. The van der Waals surface area contributed by atoms with Crippen molar-refractivity contribution < 1.29 is 4.74 Å². The van der Waals surface area contributed by atoms with Crippen LogP contribution in [0.4, 0.5) is 0 Å². The molecule has 0 bridgehead atoms. The lowest BCUT2D eigenvalue weighted by Gasteiger charge is -2.08. The molecule has 2 rings (SSSR count). The monoisotopic (exact) mass is 312 g/mol. The van der Waals surface area contributed by atoms with E-state index < -0.39 is 0 Å². The van der Waals surface area contributed by atoms with Crippen molar-refractivity contribution in [3.05, 3.63) is 46.6 Å². The molecule has 0 atom stereocenters. The van der Waals surface area contributed by atoms with E-state index in [0.717, 1.165) is 17.2 Å². The third kappa shape index (κ3) is 4.03. The molecule has 1 heterocycles. The molecule has 0 unspecified atom stereocenters. The van der Waals surface area contributed by atoms with Crippen molar-refractivity contribution >= 4 is 35.0 Å². The number of hydrogen-bond donors (Lipinski definition) is 0. The molecule has 2 aromatic rings. The average molecular weight is 313 g/mol. The smallest absolute Gasteiger partial charge is 0.147 e. The van der Waals surface area contributed by atoms with Crippen LogP contribution in [0.5, 0.6) is 11.5 Å². The highest BCUT2D eigenvalue weighted by atomic mass is 35.5. The molecule has 19 heavy (non-hydrogen) atoms. The largest absolute Gasteiger partial charge is 0.455 e. The van der Waals surface area contributed by atoms with Gasteiger partial charge in [-0.25, -0.2) is 4.98 Å². The van der Waals surface area contributed by atoms with Gasteiger partial charge in [-0.1, -0.05) is 36.2 Å². The number of benzene rings is 1. The zero-order valence-corrected chi connectivity index (χ0v) is 12.6. The summed E-state index contributed by atoms with van der Waals surface area (Å²) >= 11 is 13.7. The minimum Gasteiger partial charge on any atom is -0.455 e. The molecule has 0 spiro atoms. The highest BCUT2D eigenvalue weighted by Gasteiger charge is 2.07. The van der Waals surface area contributed by atoms with Crippen LogP contribution in [-0.4, -0.2) is 10.7 Å². The SMILES string of the molecule is CCCSc1[c]c(Oc2cccc(Cl)c2Cl)ccn1. The van der Waals surface area contributed by atoms with Crippen LogP contribution >= 0.6 is 35.0 Å². The standard InChI is InChI=1S/C14H12Cl2NOS/c1-2-8-19-13-9-10(6-7-17-13)18-12-5-3-4-11(15)14(12)16/h3-7H,2,8H2,1H3. The van der Waals surface area contributed by atoms with E-state index >= 15 is 0 Å². The second kappa shape index (κ2) is 7.04. The van der Waals surface area contributed by atoms with Gasteiger partial charge in [-0.2, -0.15) is 0 Å². The van der Waals surface area contributed by atoms with Gasteiger partial charge in [-0.05, 0) is 30.4 Å². The number of halogens is 2. The Morgan fingerprint density at radius 1 is 1.32 bits per heavy atom. The normalized spacial score (nSPS) is 10.5. The summed E-state index contributed by atoms with van der Waals surface area (Å²) in [6.45, 7) is 2.12. The third-order valence-electron chi connectivity index (χ3n) is 2.23. The van der Waals surface area contributed by atoms with Crippen LogP contribution < -0.4 is 4.74 Å². The van der Waals surface area contributed by atoms with Crippen molar-refractivity contribution in [3.63, 3.8) is 0 Å². The van der Waals surface area contributed by atoms with E-state index in [9.17, 15) is 0 Å². The first-order valence-corrected chi connectivity index (χ1v) is 7.58. The number of thioether (sulfide) groups is 1. The van der Waals surface area contributed by atoms with Crippen LogP contribution in [0.2, 0.25) is 10.0 Å². The van der Waals surface area contributed by atoms with Crippen LogP contribution in [0.15, 0.2) is 35.5 Å². The Balaban J connectivity index is 2.16. The molecule has 0 aliphatic rings. The minimum atomic E-state index is 0.400.